The van der Waals surface area contributed by atoms with E-state index in [4.69, 9.17) is 25.8 Å². The number of rotatable bonds is 4. The van der Waals surface area contributed by atoms with Gasteiger partial charge in [-0.25, -0.2) is 9.59 Å². The molecule has 126 valence electrons. The van der Waals surface area contributed by atoms with E-state index in [-0.39, 0.29) is 11.3 Å². The fraction of sp³-hybridized carbons (Fsp3) is 0.176. The standard InChI is InChI=1S/C17H16ClNO5/c1-22-15-12(18)8-6-9-13(15)19-10-5-4-7-11(16(20)23-2)14(19)17(21)24-3/h4-10H,1-3H3. The van der Waals surface area contributed by atoms with Crippen LogP contribution in [0.1, 0.15) is 0 Å². The lowest BCUT2D eigenvalue weighted by Crippen LogP contribution is -2.27. The average Bonchev–Trinajstić information content (AvgIpc) is 2.82. The van der Waals surface area contributed by atoms with Gasteiger partial charge in [0.15, 0.2) is 5.75 Å². The van der Waals surface area contributed by atoms with Crippen molar-refractivity contribution >= 4 is 29.2 Å². The van der Waals surface area contributed by atoms with E-state index in [2.05, 4.69) is 0 Å². The van der Waals surface area contributed by atoms with E-state index in [1.807, 2.05) is 0 Å². The van der Waals surface area contributed by atoms with Gasteiger partial charge >= 0.3 is 11.9 Å². The van der Waals surface area contributed by atoms with Crippen LogP contribution >= 0.6 is 11.6 Å². The summed E-state index contributed by atoms with van der Waals surface area (Å²) >= 11 is 6.16. The lowest BCUT2D eigenvalue weighted by Gasteiger charge is -2.25. The lowest BCUT2D eigenvalue weighted by atomic mass is 10.1. The summed E-state index contributed by atoms with van der Waals surface area (Å²) in [6, 6.07) is 5.07. The van der Waals surface area contributed by atoms with Crippen LogP contribution < -0.4 is 9.64 Å². The fourth-order valence-corrected chi connectivity index (χ4v) is 2.49. The van der Waals surface area contributed by atoms with Crippen LogP contribution in [0.3, 0.4) is 0 Å². The Labute approximate surface area is 144 Å². The molecule has 0 radical (unpaired) electrons. The van der Waals surface area contributed by atoms with E-state index in [0.717, 1.165) is 0 Å². The zero-order chi connectivity index (χ0) is 17.7. The zero-order valence-electron chi connectivity index (χ0n) is 13.4. The van der Waals surface area contributed by atoms with Gasteiger partial charge in [0, 0.05) is 6.20 Å². The molecule has 6 nitrogen and oxygen atoms in total. The third kappa shape index (κ3) is 3.28. The molecule has 0 amide bonds. The van der Waals surface area contributed by atoms with Crippen LogP contribution in [0.5, 0.6) is 5.75 Å². The van der Waals surface area contributed by atoms with E-state index in [9.17, 15) is 9.59 Å². The van der Waals surface area contributed by atoms with Gasteiger partial charge in [0.05, 0.1) is 37.6 Å². The number of para-hydroxylation sites is 1. The Bertz CT molecular complexity index is 751. The zero-order valence-corrected chi connectivity index (χ0v) is 14.2. The van der Waals surface area contributed by atoms with Crippen molar-refractivity contribution in [3.05, 3.63) is 58.9 Å². The lowest BCUT2D eigenvalue weighted by molar-refractivity contribution is -0.139. The number of carbonyl (C=O) groups excluding carboxylic acids is 2. The van der Waals surface area contributed by atoms with Gasteiger partial charge in [0.1, 0.15) is 5.70 Å². The number of anilines is 1. The molecule has 24 heavy (non-hydrogen) atoms. The third-order valence-corrected chi connectivity index (χ3v) is 3.60. The summed E-state index contributed by atoms with van der Waals surface area (Å²) in [6.07, 6.45) is 6.37. The Kier molecular flexibility index (Phi) is 5.65. The predicted molar refractivity (Wildman–Crippen MR) is 89.8 cm³/mol. The number of hydrogen-bond acceptors (Lipinski definition) is 6. The molecule has 2 rings (SSSR count). The molecule has 1 aliphatic rings. The van der Waals surface area contributed by atoms with Crippen LogP contribution in [0.25, 0.3) is 0 Å². The normalized spacial score (nSPS) is 13.6. The number of allylic oxidation sites excluding steroid dienone is 2. The Morgan fingerprint density at radius 3 is 2.38 bits per heavy atom. The van der Waals surface area contributed by atoms with Crippen molar-refractivity contribution < 1.29 is 23.8 Å². The van der Waals surface area contributed by atoms with E-state index in [1.54, 1.807) is 36.6 Å². The number of methoxy groups -OCH3 is 3. The Morgan fingerprint density at radius 2 is 1.75 bits per heavy atom. The molecular formula is C17H16ClNO5. The van der Waals surface area contributed by atoms with Crippen LogP contribution in [0, 0.1) is 0 Å². The van der Waals surface area contributed by atoms with Crippen molar-refractivity contribution in [2.75, 3.05) is 26.2 Å². The van der Waals surface area contributed by atoms with Gasteiger partial charge < -0.3 is 19.1 Å². The molecule has 0 N–H and O–H groups in total. The number of ether oxygens (including phenoxy) is 3. The van der Waals surface area contributed by atoms with Crippen molar-refractivity contribution in [2.24, 2.45) is 0 Å². The Balaban J connectivity index is 2.73. The first kappa shape index (κ1) is 17.6. The highest BCUT2D eigenvalue weighted by molar-refractivity contribution is 6.32. The number of esters is 2. The summed E-state index contributed by atoms with van der Waals surface area (Å²) in [5.41, 5.74) is 0.526. The maximum Gasteiger partial charge on any atom is 0.355 e. The van der Waals surface area contributed by atoms with Gasteiger partial charge in [-0.15, -0.1) is 0 Å². The predicted octanol–water partition coefficient (Wildman–Crippen LogP) is 2.84. The summed E-state index contributed by atoms with van der Waals surface area (Å²) in [5, 5.41) is 0.365. The third-order valence-electron chi connectivity index (χ3n) is 3.30. The quantitative estimate of drug-likeness (QED) is 0.779. The molecule has 1 aromatic carbocycles. The maximum atomic E-state index is 12.3. The van der Waals surface area contributed by atoms with Crippen LogP contribution in [0.2, 0.25) is 5.02 Å². The van der Waals surface area contributed by atoms with E-state index >= 15 is 0 Å². The summed E-state index contributed by atoms with van der Waals surface area (Å²) in [7, 11) is 3.93. The molecule has 0 atom stereocenters. The number of nitrogens with zero attached hydrogens (tertiary/aromatic N) is 1. The number of benzene rings is 1. The van der Waals surface area contributed by atoms with E-state index < -0.39 is 11.9 Å². The van der Waals surface area contributed by atoms with Gasteiger partial charge in [0.2, 0.25) is 0 Å². The van der Waals surface area contributed by atoms with Gasteiger partial charge in [0.25, 0.3) is 0 Å². The van der Waals surface area contributed by atoms with Crippen LogP contribution in [0.4, 0.5) is 5.69 Å². The van der Waals surface area contributed by atoms with Crippen molar-refractivity contribution in [1.82, 2.24) is 0 Å². The van der Waals surface area contributed by atoms with E-state index in [1.165, 1.54) is 32.3 Å². The minimum Gasteiger partial charge on any atom is -0.493 e. The van der Waals surface area contributed by atoms with E-state index in [0.29, 0.717) is 16.5 Å². The molecule has 0 saturated carbocycles. The molecule has 1 aromatic rings. The molecule has 0 spiro atoms. The Morgan fingerprint density at radius 1 is 1.04 bits per heavy atom. The van der Waals surface area contributed by atoms with Gasteiger partial charge in [-0.2, -0.15) is 0 Å². The van der Waals surface area contributed by atoms with Gasteiger partial charge in [-0.05, 0) is 24.3 Å². The van der Waals surface area contributed by atoms with Gasteiger partial charge in [-0.1, -0.05) is 23.7 Å². The van der Waals surface area contributed by atoms with Crippen molar-refractivity contribution in [2.45, 2.75) is 0 Å². The first-order valence-corrected chi connectivity index (χ1v) is 7.30. The highest BCUT2D eigenvalue weighted by Crippen LogP contribution is 2.38. The number of halogens is 1. The maximum absolute atomic E-state index is 12.3. The van der Waals surface area contributed by atoms with Crippen LogP contribution in [-0.4, -0.2) is 33.3 Å². The molecular weight excluding hydrogens is 334 g/mol. The molecule has 0 bridgehead atoms. The monoisotopic (exact) mass is 349 g/mol. The van der Waals surface area contributed by atoms with Gasteiger partial charge in [-0.3, -0.25) is 0 Å². The molecule has 0 fully saturated rings. The molecule has 0 unspecified atom stereocenters. The first-order chi connectivity index (χ1) is 11.5. The van der Waals surface area contributed by atoms with Crippen molar-refractivity contribution in [3.8, 4) is 5.75 Å². The summed E-state index contributed by atoms with van der Waals surface area (Å²) in [4.78, 5) is 25.9. The number of hydrogen-bond donors (Lipinski definition) is 0. The Hall–Kier alpha value is -2.73. The highest BCUT2D eigenvalue weighted by atomic mass is 35.5. The summed E-state index contributed by atoms with van der Waals surface area (Å²) in [5.74, 6) is -1.01. The first-order valence-electron chi connectivity index (χ1n) is 6.92. The second-order valence-electron chi connectivity index (χ2n) is 4.61. The molecule has 0 aromatic heterocycles. The second-order valence-corrected chi connectivity index (χ2v) is 5.02. The summed E-state index contributed by atoms with van der Waals surface area (Å²) in [6.45, 7) is 0. The molecule has 0 aliphatic carbocycles. The minimum absolute atomic E-state index is 0.00471. The summed E-state index contributed by atoms with van der Waals surface area (Å²) < 4.78 is 14.9. The van der Waals surface area contributed by atoms with Crippen LogP contribution in [-0.2, 0) is 19.1 Å². The topological polar surface area (TPSA) is 65.1 Å². The van der Waals surface area contributed by atoms with Crippen LogP contribution in [0.15, 0.2) is 53.9 Å². The highest BCUT2D eigenvalue weighted by Gasteiger charge is 2.29. The van der Waals surface area contributed by atoms with Crippen molar-refractivity contribution in [1.29, 1.82) is 0 Å². The second kappa shape index (κ2) is 7.70. The van der Waals surface area contributed by atoms with Crippen molar-refractivity contribution in [3.63, 3.8) is 0 Å². The minimum atomic E-state index is -0.700. The largest absolute Gasteiger partial charge is 0.493 e. The molecule has 7 heteroatoms. The molecule has 1 heterocycles. The molecule has 0 saturated heterocycles. The average molecular weight is 350 g/mol. The fourth-order valence-electron chi connectivity index (χ4n) is 2.24. The smallest absolute Gasteiger partial charge is 0.355 e. The molecule has 1 aliphatic heterocycles. The number of carbonyl (C=O) groups is 2. The SMILES string of the molecule is COC(=O)C1=C(C(=O)OC)N(c2cccc(Cl)c2OC)C=CC=C1.